The molecule has 0 bridgehead atoms. The molecular formula is C18H18ClN3O5S2. The number of methoxy groups -OCH3 is 2. The number of ether oxygens (including phenoxy) is 2. The molecule has 0 saturated heterocycles. The van der Waals surface area contributed by atoms with Gasteiger partial charge in [-0.15, -0.1) is 4.40 Å². The molecule has 1 aliphatic heterocycles. The largest absolute Gasteiger partial charge is 0.497 e. The molecule has 29 heavy (non-hydrogen) atoms. The molecule has 154 valence electrons. The molecule has 0 saturated carbocycles. The Morgan fingerprint density at radius 3 is 2.52 bits per heavy atom. The van der Waals surface area contributed by atoms with E-state index in [2.05, 4.69) is 14.1 Å². The third-order valence-corrected chi connectivity index (χ3v) is 8.19. The summed E-state index contributed by atoms with van der Waals surface area (Å²) in [6, 6.07) is 12.8. The van der Waals surface area contributed by atoms with E-state index < -0.39 is 20.2 Å². The van der Waals surface area contributed by atoms with Crippen LogP contribution in [0.25, 0.3) is 0 Å². The molecule has 1 atom stereocenters. The van der Waals surface area contributed by atoms with Gasteiger partial charge in [0.05, 0.1) is 19.1 Å². The standard InChI is InChI=1S/C18H18ClN3O5S2/c1-26-14-9-8-13(16(10-14)27-2)11-28(12-23)18(20-17(19)21-28)22-29(24,25)15-6-4-3-5-7-15/h3-10,12H,11H2,1-2H3,(H,20,21,22). The first-order valence-electron chi connectivity index (χ1n) is 8.23. The van der Waals surface area contributed by atoms with E-state index in [1.807, 2.05) is 0 Å². The first kappa shape index (κ1) is 21.2. The van der Waals surface area contributed by atoms with Gasteiger partial charge in [0.25, 0.3) is 10.0 Å². The molecule has 0 aromatic heterocycles. The van der Waals surface area contributed by atoms with Crippen molar-refractivity contribution in [3.05, 3.63) is 54.1 Å². The average Bonchev–Trinajstić information content (AvgIpc) is 3.03. The number of hydrogen-bond acceptors (Lipinski definition) is 6. The summed E-state index contributed by atoms with van der Waals surface area (Å²) in [5.74, 6) is 1.12. The van der Waals surface area contributed by atoms with Crippen LogP contribution in [0, 0.1) is 0 Å². The summed E-state index contributed by atoms with van der Waals surface area (Å²) in [6.45, 7) is 0. The summed E-state index contributed by atoms with van der Waals surface area (Å²) < 4.78 is 44.0. The van der Waals surface area contributed by atoms with Gasteiger partial charge in [-0.3, -0.25) is 4.79 Å². The van der Waals surface area contributed by atoms with Crippen molar-refractivity contribution in [2.24, 2.45) is 8.80 Å². The average molecular weight is 456 g/mol. The number of nitrogens with one attached hydrogen (secondary N) is 1. The minimum atomic E-state index is -4.06. The maximum absolute atomic E-state index is 12.7. The molecule has 0 fully saturated rings. The van der Waals surface area contributed by atoms with E-state index in [0.717, 1.165) is 0 Å². The Morgan fingerprint density at radius 2 is 1.90 bits per heavy atom. The Hall–Kier alpha value is -2.56. The Morgan fingerprint density at radius 1 is 1.17 bits per heavy atom. The smallest absolute Gasteiger partial charge is 0.284 e. The van der Waals surface area contributed by atoms with Crippen molar-refractivity contribution in [3.63, 3.8) is 0 Å². The summed E-state index contributed by atoms with van der Waals surface area (Å²) in [6.07, 6.45) is 0. The van der Waals surface area contributed by atoms with Gasteiger partial charge in [0.15, 0.2) is 10.8 Å². The maximum atomic E-state index is 12.7. The molecule has 1 heterocycles. The van der Waals surface area contributed by atoms with Crippen LogP contribution in [0.4, 0.5) is 0 Å². The number of amidine groups is 2. The van der Waals surface area contributed by atoms with Crippen LogP contribution in [0.3, 0.4) is 0 Å². The van der Waals surface area contributed by atoms with E-state index in [1.54, 1.807) is 36.4 Å². The zero-order valence-electron chi connectivity index (χ0n) is 15.5. The fraction of sp³-hybridized carbons (Fsp3) is 0.167. The predicted octanol–water partition coefficient (Wildman–Crippen LogP) is 3.06. The molecule has 0 amide bonds. The Bertz CT molecular complexity index is 1090. The molecule has 0 radical (unpaired) electrons. The number of carbonyl (C=O) groups is 1. The number of benzene rings is 2. The second-order valence-electron chi connectivity index (χ2n) is 5.86. The van der Waals surface area contributed by atoms with E-state index >= 15 is 0 Å². The van der Waals surface area contributed by atoms with E-state index in [1.165, 1.54) is 26.4 Å². The lowest BCUT2D eigenvalue weighted by Gasteiger charge is -2.25. The summed E-state index contributed by atoms with van der Waals surface area (Å²) in [7, 11) is -3.77. The molecule has 8 nitrogen and oxygen atoms in total. The molecule has 1 unspecified atom stereocenters. The molecule has 11 heteroatoms. The van der Waals surface area contributed by atoms with E-state index in [9.17, 15) is 13.2 Å². The van der Waals surface area contributed by atoms with Gasteiger partial charge in [-0.2, -0.15) is 12.8 Å². The van der Waals surface area contributed by atoms with Gasteiger partial charge >= 0.3 is 0 Å². The molecule has 0 aliphatic carbocycles. The SMILES string of the molecule is COc1ccc(CS2(C=O)N=C(Cl)N/C2=N\S(=O)(=O)c2ccccc2)c(OC)c1. The number of halogens is 1. The van der Waals surface area contributed by atoms with Gasteiger partial charge in [0.2, 0.25) is 5.29 Å². The monoisotopic (exact) mass is 455 g/mol. The lowest BCUT2D eigenvalue weighted by Crippen LogP contribution is -2.26. The molecule has 1 aliphatic rings. The van der Waals surface area contributed by atoms with Crippen LogP contribution in [0.5, 0.6) is 11.5 Å². The molecule has 2 aromatic carbocycles. The topological polar surface area (TPSA) is 106 Å². The number of hydrogen-bond donors (Lipinski definition) is 1. The highest BCUT2D eigenvalue weighted by atomic mass is 35.5. The van der Waals surface area contributed by atoms with Crippen molar-refractivity contribution < 1.29 is 22.7 Å². The molecule has 0 spiro atoms. The Balaban J connectivity index is 2.05. The van der Waals surface area contributed by atoms with Crippen LogP contribution >= 0.6 is 21.8 Å². The molecule has 1 N–H and O–H groups in total. The first-order chi connectivity index (χ1) is 13.8. The highest BCUT2D eigenvalue weighted by molar-refractivity contribution is 8.53. The number of carbonyl (C=O) groups excluding carboxylic acids is 1. The third-order valence-electron chi connectivity index (χ3n) is 4.06. The van der Waals surface area contributed by atoms with Gasteiger partial charge in [-0.25, -0.2) is 0 Å². The van der Waals surface area contributed by atoms with Crippen molar-refractivity contribution in [1.29, 1.82) is 0 Å². The van der Waals surface area contributed by atoms with E-state index in [-0.39, 0.29) is 21.1 Å². The maximum Gasteiger partial charge on any atom is 0.284 e. The zero-order valence-corrected chi connectivity index (χ0v) is 17.9. The number of rotatable bonds is 7. The molecular weight excluding hydrogens is 438 g/mol. The predicted molar refractivity (Wildman–Crippen MR) is 115 cm³/mol. The van der Waals surface area contributed by atoms with Crippen molar-refractivity contribution in [3.8, 4) is 11.5 Å². The number of sulfonamides is 1. The minimum absolute atomic E-state index is 0.00134. The van der Waals surface area contributed by atoms with Crippen LogP contribution in [0.1, 0.15) is 5.56 Å². The van der Waals surface area contributed by atoms with Crippen LogP contribution in [-0.4, -0.2) is 38.7 Å². The van der Waals surface area contributed by atoms with Crippen LogP contribution in [0.2, 0.25) is 0 Å². The molecule has 3 rings (SSSR count). The van der Waals surface area contributed by atoms with Crippen molar-refractivity contribution >= 4 is 47.9 Å². The fourth-order valence-corrected chi connectivity index (χ4v) is 6.64. The van der Waals surface area contributed by atoms with Gasteiger partial charge in [-0.05, 0) is 40.0 Å². The third kappa shape index (κ3) is 4.39. The Labute approximate surface area is 175 Å². The summed E-state index contributed by atoms with van der Waals surface area (Å²) in [4.78, 5) is 12.1. The van der Waals surface area contributed by atoms with Gasteiger partial charge in [0.1, 0.15) is 11.5 Å². The van der Waals surface area contributed by atoms with Gasteiger partial charge in [0, 0.05) is 17.4 Å². The van der Waals surface area contributed by atoms with Crippen LogP contribution in [-0.2, 0) is 20.6 Å². The lowest BCUT2D eigenvalue weighted by atomic mass is 10.2. The quantitative estimate of drug-likeness (QED) is 0.508. The minimum Gasteiger partial charge on any atom is -0.497 e. The van der Waals surface area contributed by atoms with Crippen LogP contribution in [0.15, 0.2) is 62.2 Å². The van der Waals surface area contributed by atoms with Crippen molar-refractivity contribution in [1.82, 2.24) is 5.32 Å². The normalized spacial score (nSPS) is 22.3. The van der Waals surface area contributed by atoms with Crippen LogP contribution < -0.4 is 14.8 Å². The van der Waals surface area contributed by atoms with E-state index in [0.29, 0.717) is 22.7 Å². The highest BCUT2D eigenvalue weighted by Crippen LogP contribution is 2.55. The fourth-order valence-electron chi connectivity index (χ4n) is 2.64. The van der Waals surface area contributed by atoms with Crippen molar-refractivity contribution in [2.45, 2.75) is 10.6 Å². The highest BCUT2D eigenvalue weighted by Gasteiger charge is 2.39. The second-order valence-corrected chi connectivity index (χ2v) is 10.4. The molecule has 2 aromatic rings. The number of nitrogens with zero attached hydrogens (tertiary/aromatic N) is 2. The van der Waals surface area contributed by atoms with E-state index in [4.69, 9.17) is 21.1 Å². The summed E-state index contributed by atoms with van der Waals surface area (Å²) in [5, 5.41) is 2.43. The van der Waals surface area contributed by atoms with Gasteiger partial charge < -0.3 is 14.8 Å². The van der Waals surface area contributed by atoms with Crippen molar-refractivity contribution in [2.75, 3.05) is 14.2 Å². The summed E-state index contributed by atoms with van der Waals surface area (Å²) >= 11 is 6.01. The summed E-state index contributed by atoms with van der Waals surface area (Å²) in [5.41, 5.74) is 1.23. The zero-order chi connectivity index (χ0) is 21.1. The second kappa shape index (κ2) is 8.44. The lowest BCUT2D eigenvalue weighted by molar-refractivity contribution is 0.392. The van der Waals surface area contributed by atoms with Gasteiger partial charge in [-0.1, -0.05) is 24.3 Å². The Kier molecular flexibility index (Phi) is 6.15. The first-order valence-corrected chi connectivity index (χ1v) is 11.9.